The number of phenolic OH excluding ortho intramolecular Hbond substituents is 1. The molecule has 3 heterocycles. The number of carbonyl (C=O) groups excluding carboxylic acids is 1. The largest absolute Gasteiger partial charge is 0.508 e. The lowest BCUT2D eigenvalue weighted by molar-refractivity contribution is 0.0938. The van der Waals surface area contributed by atoms with Crippen LogP contribution in [0.25, 0.3) is 22.3 Å². The molecule has 5 rings (SSSR count). The van der Waals surface area contributed by atoms with Crippen molar-refractivity contribution >= 4 is 16.9 Å². The standard InChI is InChI=1S/C25H25N5O2/c1-14-3-5-16(6-4-14)20-12-26-13-22(20)28-25(32)19-11-21(17-7-9-18(31)10-8-17)27-24-23(19)15(2)29-30-24/h3-11,20,22,26,31H,12-13H2,1-2H3,(H,28,32)(H,27,29,30)/t20-,22+/m0/s1. The van der Waals surface area contributed by atoms with Crippen molar-refractivity contribution in [3.63, 3.8) is 0 Å². The molecule has 0 aliphatic carbocycles. The lowest BCUT2D eigenvalue weighted by Gasteiger charge is -2.21. The van der Waals surface area contributed by atoms with Crippen LogP contribution in [0.3, 0.4) is 0 Å². The number of pyridine rings is 1. The van der Waals surface area contributed by atoms with Gasteiger partial charge in [0.1, 0.15) is 5.75 Å². The van der Waals surface area contributed by atoms with Gasteiger partial charge in [0.05, 0.1) is 16.6 Å². The number of aromatic nitrogens is 3. The van der Waals surface area contributed by atoms with Crippen LogP contribution < -0.4 is 10.6 Å². The van der Waals surface area contributed by atoms with E-state index >= 15 is 0 Å². The summed E-state index contributed by atoms with van der Waals surface area (Å²) in [6.45, 7) is 5.50. The first kappa shape index (κ1) is 20.2. The number of nitrogens with zero attached hydrogens (tertiary/aromatic N) is 2. The van der Waals surface area contributed by atoms with Crippen molar-refractivity contribution in [3.8, 4) is 17.0 Å². The highest BCUT2D eigenvalue weighted by molar-refractivity contribution is 6.07. The zero-order chi connectivity index (χ0) is 22.2. The number of aromatic hydroxyl groups is 1. The van der Waals surface area contributed by atoms with Gasteiger partial charge in [-0.15, -0.1) is 0 Å². The summed E-state index contributed by atoms with van der Waals surface area (Å²) in [5.74, 6) is 0.242. The Morgan fingerprint density at radius 2 is 1.81 bits per heavy atom. The Morgan fingerprint density at radius 3 is 2.56 bits per heavy atom. The van der Waals surface area contributed by atoms with Crippen LogP contribution in [0.15, 0.2) is 54.6 Å². The Hall–Kier alpha value is -3.71. The Kier molecular flexibility index (Phi) is 5.11. The van der Waals surface area contributed by atoms with Gasteiger partial charge in [-0.05, 0) is 49.7 Å². The highest BCUT2D eigenvalue weighted by atomic mass is 16.3. The molecule has 0 saturated carbocycles. The van der Waals surface area contributed by atoms with E-state index < -0.39 is 0 Å². The summed E-state index contributed by atoms with van der Waals surface area (Å²) in [6.07, 6.45) is 0. The smallest absolute Gasteiger partial charge is 0.252 e. The average Bonchev–Trinajstić information content (AvgIpc) is 3.41. The highest BCUT2D eigenvalue weighted by Crippen LogP contribution is 2.28. The molecule has 7 heteroatoms. The summed E-state index contributed by atoms with van der Waals surface area (Å²) in [5, 5.41) is 24.2. The molecule has 4 N–H and O–H groups in total. The molecule has 1 amide bonds. The van der Waals surface area contributed by atoms with Crippen molar-refractivity contribution in [2.24, 2.45) is 0 Å². The molecular formula is C25H25N5O2. The van der Waals surface area contributed by atoms with E-state index in [0.29, 0.717) is 23.4 Å². The Labute approximate surface area is 185 Å². The van der Waals surface area contributed by atoms with Crippen LogP contribution in [-0.2, 0) is 0 Å². The van der Waals surface area contributed by atoms with Gasteiger partial charge < -0.3 is 15.7 Å². The normalized spacial score (nSPS) is 18.2. The van der Waals surface area contributed by atoms with E-state index in [0.717, 1.165) is 23.2 Å². The zero-order valence-electron chi connectivity index (χ0n) is 18.0. The first-order chi connectivity index (χ1) is 15.5. The summed E-state index contributed by atoms with van der Waals surface area (Å²) in [7, 11) is 0. The highest BCUT2D eigenvalue weighted by Gasteiger charge is 2.30. The molecular weight excluding hydrogens is 402 g/mol. The van der Waals surface area contributed by atoms with Crippen LogP contribution in [0.5, 0.6) is 5.75 Å². The predicted molar refractivity (Wildman–Crippen MR) is 124 cm³/mol. The number of H-pyrrole nitrogens is 1. The molecule has 1 aliphatic heterocycles. The lowest BCUT2D eigenvalue weighted by Crippen LogP contribution is -2.39. The van der Waals surface area contributed by atoms with E-state index in [9.17, 15) is 9.90 Å². The van der Waals surface area contributed by atoms with Gasteiger partial charge in [0.2, 0.25) is 0 Å². The van der Waals surface area contributed by atoms with Crippen molar-refractivity contribution in [2.45, 2.75) is 25.8 Å². The van der Waals surface area contributed by atoms with Crippen molar-refractivity contribution < 1.29 is 9.90 Å². The molecule has 0 spiro atoms. The van der Waals surface area contributed by atoms with Crippen LogP contribution >= 0.6 is 0 Å². The van der Waals surface area contributed by atoms with E-state index in [1.165, 1.54) is 11.1 Å². The number of amides is 1. The summed E-state index contributed by atoms with van der Waals surface area (Å²) in [6, 6.07) is 17.0. The first-order valence-electron chi connectivity index (χ1n) is 10.7. The number of carbonyl (C=O) groups is 1. The summed E-state index contributed by atoms with van der Waals surface area (Å²) < 4.78 is 0. The monoisotopic (exact) mass is 427 g/mol. The van der Waals surface area contributed by atoms with Gasteiger partial charge in [-0.25, -0.2) is 4.98 Å². The van der Waals surface area contributed by atoms with Gasteiger partial charge in [-0.1, -0.05) is 29.8 Å². The molecule has 4 aromatic rings. The third-order valence-corrected chi connectivity index (χ3v) is 6.15. The van der Waals surface area contributed by atoms with Crippen LogP contribution in [0.2, 0.25) is 0 Å². The van der Waals surface area contributed by atoms with Gasteiger partial charge in [-0.2, -0.15) is 5.10 Å². The molecule has 0 radical (unpaired) electrons. The maximum Gasteiger partial charge on any atom is 0.252 e. The third-order valence-electron chi connectivity index (χ3n) is 6.15. The number of hydrogen-bond donors (Lipinski definition) is 4. The number of aryl methyl sites for hydroxylation is 2. The fraction of sp³-hybridized carbons (Fsp3) is 0.240. The lowest BCUT2D eigenvalue weighted by atomic mass is 9.93. The van der Waals surface area contributed by atoms with E-state index in [2.05, 4.69) is 57.0 Å². The molecule has 1 aliphatic rings. The van der Waals surface area contributed by atoms with E-state index in [1.807, 2.05) is 6.92 Å². The van der Waals surface area contributed by atoms with Gasteiger partial charge in [0.15, 0.2) is 5.65 Å². The van der Waals surface area contributed by atoms with Crippen LogP contribution in [0.4, 0.5) is 0 Å². The number of rotatable bonds is 4. The third kappa shape index (κ3) is 3.71. The molecule has 32 heavy (non-hydrogen) atoms. The fourth-order valence-corrected chi connectivity index (χ4v) is 4.37. The summed E-state index contributed by atoms with van der Waals surface area (Å²) in [5.41, 5.74) is 5.71. The maximum atomic E-state index is 13.5. The molecule has 2 aromatic heterocycles. The molecule has 1 saturated heterocycles. The Morgan fingerprint density at radius 1 is 1.06 bits per heavy atom. The minimum Gasteiger partial charge on any atom is -0.508 e. The van der Waals surface area contributed by atoms with Crippen LogP contribution in [0.1, 0.15) is 33.1 Å². The quantitative estimate of drug-likeness (QED) is 0.400. The summed E-state index contributed by atoms with van der Waals surface area (Å²) >= 11 is 0. The minimum atomic E-state index is -0.146. The van der Waals surface area contributed by atoms with Crippen molar-refractivity contribution in [1.82, 2.24) is 25.8 Å². The number of hydrogen-bond acceptors (Lipinski definition) is 5. The minimum absolute atomic E-state index is 0.0160. The topological polar surface area (TPSA) is 103 Å². The molecule has 7 nitrogen and oxygen atoms in total. The van der Waals surface area contributed by atoms with Gasteiger partial charge in [0, 0.05) is 36.3 Å². The second-order valence-corrected chi connectivity index (χ2v) is 8.40. The second kappa shape index (κ2) is 8.09. The zero-order valence-corrected chi connectivity index (χ0v) is 18.0. The number of nitrogens with one attached hydrogen (secondary N) is 3. The van der Waals surface area contributed by atoms with Crippen LogP contribution in [0, 0.1) is 13.8 Å². The number of benzene rings is 2. The molecule has 162 valence electrons. The van der Waals surface area contributed by atoms with E-state index in [4.69, 9.17) is 0 Å². The Bertz CT molecular complexity index is 1280. The SMILES string of the molecule is Cc1ccc([C@@H]2CNC[C@H]2NC(=O)c2cc(-c3ccc(O)cc3)nc3n[nH]c(C)c23)cc1. The number of aromatic amines is 1. The number of fused-ring (bicyclic) bond motifs is 1. The van der Waals surface area contributed by atoms with Crippen molar-refractivity contribution in [3.05, 3.63) is 77.0 Å². The molecule has 1 fully saturated rings. The van der Waals surface area contributed by atoms with Gasteiger partial charge in [-0.3, -0.25) is 9.89 Å². The number of phenols is 1. The molecule has 0 bridgehead atoms. The first-order valence-corrected chi connectivity index (χ1v) is 10.7. The van der Waals surface area contributed by atoms with E-state index in [-0.39, 0.29) is 23.6 Å². The van der Waals surface area contributed by atoms with Crippen LogP contribution in [-0.4, -0.2) is 45.3 Å². The van der Waals surface area contributed by atoms with Gasteiger partial charge in [0.25, 0.3) is 5.91 Å². The van der Waals surface area contributed by atoms with Crippen molar-refractivity contribution in [2.75, 3.05) is 13.1 Å². The average molecular weight is 428 g/mol. The fourth-order valence-electron chi connectivity index (χ4n) is 4.37. The summed E-state index contributed by atoms with van der Waals surface area (Å²) in [4.78, 5) is 18.1. The predicted octanol–water partition coefficient (Wildman–Crippen LogP) is 3.43. The Balaban J connectivity index is 1.49. The molecule has 2 atom stereocenters. The van der Waals surface area contributed by atoms with E-state index in [1.54, 1.807) is 30.3 Å². The van der Waals surface area contributed by atoms with Crippen molar-refractivity contribution in [1.29, 1.82) is 0 Å². The maximum absolute atomic E-state index is 13.5. The van der Waals surface area contributed by atoms with Gasteiger partial charge >= 0.3 is 0 Å². The molecule has 0 unspecified atom stereocenters. The second-order valence-electron chi connectivity index (χ2n) is 8.40. The molecule has 2 aromatic carbocycles.